The van der Waals surface area contributed by atoms with Crippen LogP contribution in [-0.2, 0) is 4.79 Å². The Kier molecular flexibility index (Phi) is 9.44. The molecule has 0 aliphatic rings. The lowest BCUT2D eigenvalue weighted by molar-refractivity contribution is -0.139. The van der Waals surface area contributed by atoms with Crippen LogP contribution < -0.4 is 0 Å². The molecule has 0 aliphatic heterocycles. The van der Waals surface area contributed by atoms with E-state index in [0.717, 1.165) is 0 Å². The molecule has 0 fully saturated rings. The average Bonchev–Trinajstić information content (AvgIpc) is 2.09. The second kappa shape index (κ2) is 7.55. The molecule has 1 atom stereocenters. The van der Waals surface area contributed by atoms with Crippen LogP contribution in [0.1, 0.15) is 0 Å². The summed E-state index contributed by atoms with van der Waals surface area (Å²) in [4.78, 5) is 11.9. The van der Waals surface area contributed by atoms with Crippen molar-refractivity contribution in [1.82, 2.24) is 0 Å². The highest BCUT2D eigenvalue weighted by atomic mass is 80.0. The van der Waals surface area contributed by atoms with Crippen LogP contribution in [0.25, 0.3) is 0 Å². The van der Waals surface area contributed by atoms with Crippen molar-refractivity contribution in [2.45, 2.75) is 15.1 Å². The summed E-state index contributed by atoms with van der Waals surface area (Å²) in [7, 11) is 0. The van der Waals surface area contributed by atoms with Crippen molar-refractivity contribution in [3.63, 3.8) is 0 Å². The zero-order chi connectivity index (χ0) is 16.1. The van der Waals surface area contributed by atoms with Gasteiger partial charge in [0, 0.05) is 0 Å². The zero-order valence-electron chi connectivity index (χ0n) is 8.01. The van der Waals surface area contributed by atoms with E-state index in [9.17, 15) is 9.90 Å². The van der Waals surface area contributed by atoms with Crippen LogP contribution in [0.4, 0.5) is 0 Å². The first-order valence-electron chi connectivity index (χ1n) is 3.76. The molecule has 0 radical (unpaired) electrons. The SMILES string of the molecule is O=C(O)C(Br)(C(Br)(Br)Br)C(Br)(C(Br)(Br)Br)C(Br)(Br)Br. The third kappa shape index (κ3) is 4.48. The molecule has 0 aromatic carbocycles. The number of aliphatic carboxylic acids is 1. The molecular formula is C6HBr11O2. The fourth-order valence-electron chi connectivity index (χ4n) is 1.02. The van der Waals surface area contributed by atoms with E-state index < -0.39 is 21.0 Å². The fraction of sp³-hybridized carbons (Fsp3) is 0.833. The van der Waals surface area contributed by atoms with Crippen molar-refractivity contribution in [3.05, 3.63) is 0 Å². The fourth-order valence-corrected chi connectivity index (χ4v) is 11.8. The number of carboxylic acids is 1. The van der Waals surface area contributed by atoms with E-state index in [1.54, 1.807) is 0 Å². The first-order valence-corrected chi connectivity index (χ1v) is 12.5. The summed E-state index contributed by atoms with van der Waals surface area (Å²) in [5.74, 6) is -1.15. The van der Waals surface area contributed by atoms with Crippen LogP contribution in [0.3, 0.4) is 0 Å². The molecule has 114 valence electrons. The molecule has 1 unspecified atom stereocenters. The van der Waals surface area contributed by atoms with E-state index >= 15 is 0 Å². The van der Waals surface area contributed by atoms with Gasteiger partial charge >= 0.3 is 5.97 Å². The molecule has 1 N–H and O–H groups in total. The van der Waals surface area contributed by atoms with Crippen molar-refractivity contribution < 1.29 is 9.90 Å². The molecular weight excluding hydrogens is 983 g/mol. The van der Waals surface area contributed by atoms with Gasteiger partial charge in [-0.25, -0.2) is 0 Å². The lowest BCUT2D eigenvalue weighted by Gasteiger charge is -2.52. The molecule has 2 nitrogen and oxygen atoms in total. The quantitative estimate of drug-likeness (QED) is 0.287. The summed E-state index contributed by atoms with van der Waals surface area (Å²) < 4.78 is -6.18. The van der Waals surface area contributed by atoms with E-state index in [1.165, 1.54) is 0 Å². The standard InChI is InChI=1S/C6HBr11O2/c7-2(1(18)19,4(9,10)11)3(8,5(12,13)14)6(15,16)17/h(H,18,19). The normalized spacial score (nSPS) is 18.1. The van der Waals surface area contributed by atoms with E-state index in [0.29, 0.717) is 0 Å². The Bertz CT molecular complexity index is 349. The van der Waals surface area contributed by atoms with Gasteiger partial charge in [-0.15, -0.1) is 0 Å². The minimum Gasteiger partial charge on any atom is -0.480 e. The maximum atomic E-state index is 11.9. The van der Waals surface area contributed by atoms with E-state index in [4.69, 9.17) is 0 Å². The maximum absolute atomic E-state index is 11.9. The van der Waals surface area contributed by atoms with Crippen LogP contribution in [-0.4, -0.2) is 26.2 Å². The Labute approximate surface area is 202 Å². The maximum Gasteiger partial charge on any atom is 0.325 e. The highest BCUT2D eigenvalue weighted by Gasteiger charge is 2.76. The number of alkyl halides is 11. The van der Waals surface area contributed by atoms with Crippen LogP contribution in [0.5, 0.6) is 0 Å². The molecule has 0 amide bonds. The van der Waals surface area contributed by atoms with Crippen LogP contribution in [0.2, 0.25) is 0 Å². The van der Waals surface area contributed by atoms with Gasteiger partial charge < -0.3 is 5.11 Å². The van der Waals surface area contributed by atoms with Crippen LogP contribution >= 0.6 is 175 Å². The third-order valence-electron chi connectivity index (χ3n) is 1.94. The Morgan fingerprint density at radius 1 is 0.632 bits per heavy atom. The Hall–Kier alpha value is 4.75. The highest BCUT2D eigenvalue weighted by Crippen LogP contribution is 2.72. The molecule has 0 bridgehead atoms. The predicted molar refractivity (Wildman–Crippen MR) is 119 cm³/mol. The van der Waals surface area contributed by atoms with Gasteiger partial charge in [0.1, 0.15) is 4.32 Å². The molecule has 0 aromatic heterocycles. The predicted octanol–water partition coefficient (Wildman–Crippen LogP) is 7.85. The summed E-state index contributed by atoms with van der Waals surface area (Å²) >= 11 is 36.8. The largest absolute Gasteiger partial charge is 0.480 e. The molecule has 13 heteroatoms. The average molecular weight is 984 g/mol. The summed E-state index contributed by atoms with van der Waals surface area (Å²) in [6.45, 7) is 0. The first kappa shape index (κ1) is 23.8. The monoisotopic (exact) mass is 973 g/mol. The molecule has 0 saturated carbocycles. The number of rotatable bonds is 2. The number of hydrogen-bond donors (Lipinski definition) is 1. The number of carboxylic acid groups (broad SMARTS) is 1. The third-order valence-corrected chi connectivity index (χ3v) is 15.9. The zero-order valence-corrected chi connectivity index (χ0v) is 25.5. The molecule has 0 aliphatic carbocycles. The van der Waals surface area contributed by atoms with Crippen molar-refractivity contribution in [3.8, 4) is 0 Å². The van der Waals surface area contributed by atoms with Crippen molar-refractivity contribution >= 4 is 181 Å². The van der Waals surface area contributed by atoms with Crippen molar-refractivity contribution in [2.24, 2.45) is 0 Å². The molecule has 19 heavy (non-hydrogen) atoms. The van der Waals surface area contributed by atoms with E-state index in [-0.39, 0.29) is 0 Å². The molecule has 0 heterocycles. The number of hydrogen-bond acceptors (Lipinski definition) is 1. The lowest BCUT2D eigenvalue weighted by Crippen LogP contribution is -2.68. The summed E-state index contributed by atoms with van der Waals surface area (Å²) in [6, 6.07) is 0. The summed E-state index contributed by atoms with van der Waals surface area (Å²) in [5, 5.41) is 9.74. The Morgan fingerprint density at radius 2 is 0.895 bits per heavy atom. The lowest BCUT2D eigenvalue weighted by atomic mass is 9.97. The Morgan fingerprint density at radius 3 is 0.947 bits per heavy atom. The van der Waals surface area contributed by atoms with Gasteiger partial charge in [0.25, 0.3) is 0 Å². The van der Waals surface area contributed by atoms with Crippen LogP contribution in [0, 0.1) is 0 Å². The van der Waals surface area contributed by atoms with E-state index in [2.05, 4.69) is 175 Å². The van der Waals surface area contributed by atoms with Gasteiger partial charge in [0.15, 0.2) is 10.8 Å². The van der Waals surface area contributed by atoms with Crippen LogP contribution in [0.15, 0.2) is 0 Å². The van der Waals surface area contributed by atoms with Gasteiger partial charge in [-0.1, -0.05) is 175 Å². The van der Waals surface area contributed by atoms with Gasteiger partial charge in [0.05, 0.1) is 0 Å². The van der Waals surface area contributed by atoms with Gasteiger partial charge in [-0.2, -0.15) is 0 Å². The van der Waals surface area contributed by atoms with Crippen molar-refractivity contribution in [2.75, 3.05) is 0 Å². The van der Waals surface area contributed by atoms with Crippen molar-refractivity contribution in [1.29, 1.82) is 0 Å². The smallest absolute Gasteiger partial charge is 0.325 e. The second-order valence-corrected chi connectivity index (χ2v) is 25.8. The van der Waals surface area contributed by atoms with E-state index in [1.807, 2.05) is 0 Å². The molecule has 0 aromatic rings. The van der Waals surface area contributed by atoms with Gasteiger partial charge in [-0.05, 0) is 0 Å². The second-order valence-electron chi connectivity index (χ2n) is 3.12. The molecule has 0 saturated heterocycles. The molecule has 0 rings (SSSR count). The molecule has 0 spiro atoms. The highest BCUT2D eigenvalue weighted by molar-refractivity contribution is 9.42. The topological polar surface area (TPSA) is 37.3 Å². The summed E-state index contributed by atoms with van der Waals surface area (Å²) in [5.41, 5.74) is 0. The minimum atomic E-state index is -1.62. The first-order chi connectivity index (χ1) is 7.94. The minimum absolute atomic E-state index is 1.04. The van der Waals surface area contributed by atoms with Gasteiger partial charge in [0.2, 0.25) is 0 Å². The summed E-state index contributed by atoms with van der Waals surface area (Å²) in [6.07, 6.45) is 0. The number of halogens is 11. The van der Waals surface area contributed by atoms with Gasteiger partial charge in [-0.3, -0.25) is 4.79 Å². The number of carbonyl (C=O) groups is 1. The Balaban J connectivity index is 6.54.